The van der Waals surface area contributed by atoms with Crippen LogP contribution in [0.4, 0.5) is 0 Å². The lowest BCUT2D eigenvalue weighted by Gasteiger charge is -2.27. The molecule has 3 aromatic rings. The number of aryl methyl sites for hydroxylation is 1. The van der Waals surface area contributed by atoms with Crippen molar-refractivity contribution in [2.24, 2.45) is 5.73 Å². The molecule has 156 valence electrons. The van der Waals surface area contributed by atoms with Gasteiger partial charge in [-0.3, -0.25) is 9.78 Å². The van der Waals surface area contributed by atoms with Crippen LogP contribution in [-0.4, -0.2) is 21.8 Å². The van der Waals surface area contributed by atoms with E-state index in [1.807, 2.05) is 6.07 Å². The van der Waals surface area contributed by atoms with Crippen molar-refractivity contribution in [1.82, 2.24) is 9.55 Å². The highest BCUT2D eigenvalue weighted by Crippen LogP contribution is 2.42. The third-order valence-electron chi connectivity index (χ3n) is 5.29. The molecule has 1 aromatic carbocycles. The normalized spacial score (nSPS) is 15.1. The second kappa shape index (κ2) is 7.88. The maximum absolute atomic E-state index is 13.6. The molecule has 0 fully saturated rings. The number of hydrogen-bond acceptors (Lipinski definition) is 7. The van der Waals surface area contributed by atoms with Gasteiger partial charge in [-0.1, -0.05) is 12.1 Å². The summed E-state index contributed by atoms with van der Waals surface area (Å²) in [7, 11) is 1.43. The first-order valence-corrected chi connectivity index (χ1v) is 9.52. The second-order valence-corrected chi connectivity index (χ2v) is 7.17. The van der Waals surface area contributed by atoms with Crippen molar-refractivity contribution in [3.05, 3.63) is 93.0 Å². The summed E-state index contributed by atoms with van der Waals surface area (Å²) in [4.78, 5) is 17.7. The van der Waals surface area contributed by atoms with Crippen molar-refractivity contribution in [2.75, 3.05) is 7.11 Å². The topological polar surface area (TPSA) is 123 Å². The molecule has 1 unspecified atom stereocenters. The number of nitrogens with two attached hydrogens (primary N) is 1. The lowest BCUT2D eigenvalue weighted by molar-refractivity contribution is 0.372. The number of rotatable bonds is 4. The van der Waals surface area contributed by atoms with Gasteiger partial charge in [0.2, 0.25) is 5.88 Å². The molecule has 0 radical (unpaired) electrons. The summed E-state index contributed by atoms with van der Waals surface area (Å²) >= 11 is 0. The van der Waals surface area contributed by atoms with Crippen LogP contribution in [-0.2, 0) is 6.54 Å². The van der Waals surface area contributed by atoms with E-state index in [0.29, 0.717) is 29.1 Å². The van der Waals surface area contributed by atoms with Crippen LogP contribution >= 0.6 is 0 Å². The molecule has 3 heterocycles. The monoisotopic (exact) mass is 416 g/mol. The molecule has 8 heteroatoms. The predicted octanol–water partition coefficient (Wildman–Crippen LogP) is 2.53. The fraction of sp³-hybridized carbons (Fsp3) is 0.174. The van der Waals surface area contributed by atoms with Gasteiger partial charge < -0.3 is 24.9 Å². The Morgan fingerprint density at radius 3 is 2.84 bits per heavy atom. The average molecular weight is 416 g/mol. The van der Waals surface area contributed by atoms with Crippen LogP contribution in [0.15, 0.2) is 65.0 Å². The molecule has 1 aliphatic heterocycles. The highest BCUT2D eigenvalue weighted by molar-refractivity contribution is 5.57. The summed E-state index contributed by atoms with van der Waals surface area (Å²) in [6, 6.07) is 12.2. The van der Waals surface area contributed by atoms with Gasteiger partial charge in [-0.15, -0.1) is 0 Å². The standard InChI is InChI=1S/C23H20N4O4/c1-13-8-19-21(23(29)27(13)12-14-4-3-7-26-11-14)20(16(10-24)22(25)31-19)15-5-6-17(28)18(9-15)30-2/h3-9,11,20,28H,12,25H2,1-2H3. The summed E-state index contributed by atoms with van der Waals surface area (Å²) < 4.78 is 12.5. The maximum atomic E-state index is 13.6. The van der Waals surface area contributed by atoms with Crippen LogP contribution in [0, 0.1) is 18.3 Å². The quantitative estimate of drug-likeness (QED) is 0.670. The minimum atomic E-state index is -0.767. The number of phenolic OH excluding ortho intramolecular Hbond substituents is 1. The van der Waals surface area contributed by atoms with E-state index in [4.69, 9.17) is 15.2 Å². The number of methoxy groups -OCH3 is 1. The molecule has 1 aliphatic rings. The fourth-order valence-electron chi connectivity index (χ4n) is 3.76. The van der Waals surface area contributed by atoms with Crippen LogP contribution < -0.4 is 20.8 Å². The van der Waals surface area contributed by atoms with E-state index in [2.05, 4.69) is 11.1 Å². The number of aromatic hydroxyl groups is 1. The third-order valence-corrected chi connectivity index (χ3v) is 5.29. The van der Waals surface area contributed by atoms with Crippen molar-refractivity contribution < 1.29 is 14.6 Å². The van der Waals surface area contributed by atoms with E-state index in [0.717, 1.165) is 5.56 Å². The van der Waals surface area contributed by atoms with Crippen LogP contribution in [0.3, 0.4) is 0 Å². The van der Waals surface area contributed by atoms with Gasteiger partial charge in [0, 0.05) is 24.2 Å². The van der Waals surface area contributed by atoms with E-state index in [-0.39, 0.29) is 28.5 Å². The van der Waals surface area contributed by atoms with Crippen molar-refractivity contribution in [1.29, 1.82) is 5.26 Å². The molecule has 0 saturated heterocycles. The first-order chi connectivity index (χ1) is 14.9. The molecule has 31 heavy (non-hydrogen) atoms. The lowest BCUT2D eigenvalue weighted by atomic mass is 9.84. The highest BCUT2D eigenvalue weighted by atomic mass is 16.5. The number of pyridine rings is 2. The minimum absolute atomic E-state index is 0.0492. The first kappa shape index (κ1) is 20.0. The van der Waals surface area contributed by atoms with Crippen molar-refractivity contribution >= 4 is 0 Å². The number of hydrogen-bond donors (Lipinski definition) is 2. The Bertz CT molecular complexity index is 1290. The number of phenols is 1. The summed E-state index contributed by atoms with van der Waals surface area (Å²) in [5.41, 5.74) is 8.28. The van der Waals surface area contributed by atoms with Gasteiger partial charge in [0.05, 0.1) is 25.1 Å². The van der Waals surface area contributed by atoms with Crippen molar-refractivity contribution in [3.8, 4) is 23.3 Å². The Labute approximate surface area is 178 Å². The smallest absolute Gasteiger partial charge is 0.259 e. The number of fused-ring (bicyclic) bond motifs is 1. The average Bonchev–Trinajstić information content (AvgIpc) is 2.77. The third kappa shape index (κ3) is 3.46. The Morgan fingerprint density at radius 2 is 2.16 bits per heavy atom. The lowest BCUT2D eigenvalue weighted by Crippen LogP contribution is -2.33. The number of benzene rings is 1. The number of allylic oxidation sites excluding steroid dienone is 1. The molecule has 0 aliphatic carbocycles. The Morgan fingerprint density at radius 1 is 1.35 bits per heavy atom. The van der Waals surface area contributed by atoms with Gasteiger partial charge in [-0.2, -0.15) is 5.26 Å². The van der Waals surface area contributed by atoms with Gasteiger partial charge in [-0.05, 0) is 36.2 Å². The van der Waals surface area contributed by atoms with E-state index in [1.54, 1.807) is 48.1 Å². The second-order valence-electron chi connectivity index (χ2n) is 7.17. The largest absolute Gasteiger partial charge is 0.504 e. The zero-order valence-electron chi connectivity index (χ0n) is 17.0. The molecule has 0 bridgehead atoms. The fourth-order valence-corrected chi connectivity index (χ4v) is 3.76. The van der Waals surface area contributed by atoms with Gasteiger partial charge >= 0.3 is 0 Å². The highest BCUT2D eigenvalue weighted by Gasteiger charge is 2.34. The summed E-state index contributed by atoms with van der Waals surface area (Å²) in [6.45, 7) is 2.12. The summed E-state index contributed by atoms with van der Waals surface area (Å²) in [5.74, 6) is -0.345. The van der Waals surface area contributed by atoms with Gasteiger partial charge in [0.25, 0.3) is 5.56 Å². The molecule has 2 aromatic heterocycles. The molecule has 4 rings (SSSR count). The number of nitriles is 1. The minimum Gasteiger partial charge on any atom is -0.504 e. The molecule has 8 nitrogen and oxygen atoms in total. The predicted molar refractivity (Wildman–Crippen MR) is 113 cm³/mol. The van der Waals surface area contributed by atoms with E-state index in [1.165, 1.54) is 13.2 Å². The van der Waals surface area contributed by atoms with E-state index >= 15 is 0 Å². The van der Waals surface area contributed by atoms with Crippen LogP contribution in [0.2, 0.25) is 0 Å². The van der Waals surface area contributed by atoms with Crippen LogP contribution in [0.1, 0.15) is 28.3 Å². The maximum Gasteiger partial charge on any atom is 0.259 e. The van der Waals surface area contributed by atoms with Crippen LogP contribution in [0.25, 0.3) is 0 Å². The van der Waals surface area contributed by atoms with Gasteiger partial charge in [0.1, 0.15) is 17.4 Å². The molecule has 0 spiro atoms. The molecule has 0 saturated carbocycles. The Kier molecular flexibility index (Phi) is 5.09. The molecule has 0 amide bonds. The van der Waals surface area contributed by atoms with Gasteiger partial charge in [-0.25, -0.2) is 0 Å². The van der Waals surface area contributed by atoms with E-state index in [9.17, 15) is 15.2 Å². The molecule has 1 atom stereocenters. The number of nitrogens with zero attached hydrogens (tertiary/aromatic N) is 3. The first-order valence-electron chi connectivity index (χ1n) is 9.52. The molecular formula is C23H20N4O4. The molecular weight excluding hydrogens is 396 g/mol. The SMILES string of the molecule is COc1cc(C2C(C#N)=C(N)Oc3cc(C)n(Cc4cccnc4)c(=O)c32)ccc1O. The number of ether oxygens (including phenoxy) is 2. The summed E-state index contributed by atoms with van der Waals surface area (Å²) in [5, 5.41) is 19.8. The van der Waals surface area contributed by atoms with Crippen molar-refractivity contribution in [3.63, 3.8) is 0 Å². The Hall–Kier alpha value is -4.25. The number of aromatic nitrogens is 2. The van der Waals surface area contributed by atoms with E-state index < -0.39 is 5.92 Å². The molecule has 3 N–H and O–H groups in total. The van der Waals surface area contributed by atoms with Gasteiger partial charge in [0.15, 0.2) is 11.5 Å². The zero-order chi connectivity index (χ0) is 22.1. The van der Waals surface area contributed by atoms with Crippen molar-refractivity contribution in [2.45, 2.75) is 19.4 Å². The Balaban J connectivity index is 1.94. The zero-order valence-corrected chi connectivity index (χ0v) is 17.0. The summed E-state index contributed by atoms with van der Waals surface area (Å²) in [6.07, 6.45) is 3.36. The van der Waals surface area contributed by atoms with Crippen LogP contribution in [0.5, 0.6) is 17.2 Å².